The van der Waals surface area contributed by atoms with Crippen LogP contribution in [0.15, 0.2) is 42.5 Å². The highest BCUT2D eigenvalue weighted by Crippen LogP contribution is 2.21. The first kappa shape index (κ1) is 18.4. The molecule has 0 aromatic heterocycles. The molecule has 26 heavy (non-hydrogen) atoms. The summed E-state index contributed by atoms with van der Waals surface area (Å²) >= 11 is 0. The monoisotopic (exact) mass is 355 g/mol. The number of nitrogens with zero attached hydrogens (tertiary/aromatic N) is 2. The minimum absolute atomic E-state index is 0.0800. The summed E-state index contributed by atoms with van der Waals surface area (Å²) in [5.74, 6) is -1.14. The molecule has 0 unspecified atom stereocenters. The Hall–Kier alpha value is -3.93. The number of nitriles is 1. The summed E-state index contributed by atoms with van der Waals surface area (Å²) in [6.45, 7) is -0.598. The van der Waals surface area contributed by atoms with E-state index < -0.39 is 23.4 Å². The van der Waals surface area contributed by atoms with Gasteiger partial charge in [0.05, 0.1) is 23.3 Å². The van der Waals surface area contributed by atoms with Crippen LogP contribution in [0.3, 0.4) is 0 Å². The van der Waals surface area contributed by atoms with E-state index >= 15 is 0 Å². The number of ether oxygens (including phenoxy) is 2. The van der Waals surface area contributed by atoms with Gasteiger partial charge in [0, 0.05) is 12.1 Å². The number of nitrogens with one attached hydrogen (secondary N) is 1. The maximum Gasteiger partial charge on any atom is 0.342 e. The van der Waals surface area contributed by atoms with Gasteiger partial charge >= 0.3 is 5.97 Å². The number of carbonyl (C=O) groups is 2. The van der Waals surface area contributed by atoms with Gasteiger partial charge in [-0.05, 0) is 18.2 Å². The van der Waals surface area contributed by atoms with Crippen molar-refractivity contribution in [1.29, 1.82) is 5.26 Å². The number of esters is 1. The third kappa shape index (κ3) is 4.33. The molecule has 132 valence electrons. The summed E-state index contributed by atoms with van der Waals surface area (Å²) in [7, 11) is 1.40. The first-order valence-electron chi connectivity index (χ1n) is 7.24. The van der Waals surface area contributed by atoms with Crippen molar-refractivity contribution < 1.29 is 24.0 Å². The molecule has 2 aromatic carbocycles. The molecule has 0 aliphatic carbocycles. The van der Waals surface area contributed by atoms with Crippen molar-refractivity contribution in [3.8, 4) is 11.8 Å². The molecule has 0 saturated carbocycles. The lowest BCUT2D eigenvalue weighted by Gasteiger charge is -2.09. The SMILES string of the molecule is COc1ccccc1C(=O)OCC(=O)Nc1ccc([N+](=O)[O-])cc1C#N. The van der Waals surface area contributed by atoms with Gasteiger partial charge in [0.2, 0.25) is 0 Å². The van der Waals surface area contributed by atoms with E-state index in [-0.39, 0.29) is 22.5 Å². The van der Waals surface area contributed by atoms with E-state index in [4.69, 9.17) is 14.7 Å². The molecule has 0 heterocycles. The summed E-state index contributed by atoms with van der Waals surface area (Å²) in [5, 5.41) is 22.1. The maximum absolute atomic E-state index is 12.0. The van der Waals surface area contributed by atoms with Gasteiger partial charge in [0.15, 0.2) is 6.61 Å². The number of rotatable bonds is 6. The minimum Gasteiger partial charge on any atom is -0.496 e. The van der Waals surface area contributed by atoms with Gasteiger partial charge in [0.1, 0.15) is 17.4 Å². The second kappa shape index (κ2) is 8.25. The number of para-hydroxylation sites is 1. The Kier molecular flexibility index (Phi) is 5.84. The molecule has 0 bridgehead atoms. The fourth-order valence-corrected chi connectivity index (χ4v) is 2.06. The Labute approximate surface area is 147 Å². The molecule has 2 aromatic rings. The molecule has 0 atom stereocenters. The topological polar surface area (TPSA) is 132 Å². The van der Waals surface area contributed by atoms with Crippen molar-refractivity contribution in [1.82, 2.24) is 0 Å². The third-order valence-electron chi connectivity index (χ3n) is 3.27. The number of methoxy groups -OCH3 is 1. The molecule has 0 spiro atoms. The largest absolute Gasteiger partial charge is 0.496 e. The van der Waals surface area contributed by atoms with Crippen LogP contribution in [0.2, 0.25) is 0 Å². The molecule has 9 heteroatoms. The average molecular weight is 355 g/mol. The summed E-state index contributed by atoms with van der Waals surface area (Å²) in [6.07, 6.45) is 0. The van der Waals surface area contributed by atoms with E-state index in [1.165, 1.54) is 19.2 Å². The molecule has 0 saturated heterocycles. The van der Waals surface area contributed by atoms with Crippen molar-refractivity contribution in [2.45, 2.75) is 0 Å². The third-order valence-corrected chi connectivity index (χ3v) is 3.27. The van der Waals surface area contributed by atoms with Crippen LogP contribution in [0.1, 0.15) is 15.9 Å². The van der Waals surface area contributed by atoms with Crippen molar-refractivity contribution in [2.75, 3.05) is 19.0 Å². The van der Waals surface area contributed by atoms with Gasteiger partial charge in [-0.1, -0.05) is 12.1 Å². The van der Waals surface area contributed by atoms with Crippen LogP contribution in [-0.4, -0.2) is 30.5 Å². The number of carbonyl (C=O) groups excluding carboxylic acids is 2. The smallest absolute Gasteiger partial charge is 0.342 e. The summed E-state index contributed by atoms with van der Waals surface area (Å²) in [5.41, 5.74) is -0.113. The van der Waals surface area contributed by atoms with Gasteiger partial charge in [-0.15, -0.1) is 0 Å². The quantitative estimate of drug-likeness (QED) is 0.477. The molecular formula is C17H13N3O6. The second-order valence-corrected chi connectivity index (χ2v) is 4.92. The maximum atomic E-state index is 12.0. The standard InChI is InChI=1S/C17H13N3O6/c1-25-15-5-3-2-4-13(15)17(22)26-10-16(21)19-14-7-6-12(20(23)24)8-11(14)9-18/h2-8H,10H2,1H3,(H,19,21). The molecule has 1 N–H and O–H groups in total. The number of amides is 1. The van der Waals surface area contributed by atoms with Crippen LogP contribution in [0.4, 0.5) is 11.4 Å². The molecule has 0 fully saturated rings. The number of nitro groups is 1. The Morgan fingerprint density at radius 1 is 1.27 bits per heavy atom. The van der Waals surface area contributed by atoms with Crippen LogP contribution >= 0.6 is 0 Å². The van der Waals surface area contributed by atoms with E-state index in [0.29, 0.717) is 5.75 Å². The molecule has 1 amide bonds. The zero-order valence-electron chi connectivity index (χ0n) is 13.6. The Bertz CT molecular complexity index is 904. The number of nitro benzene ring substituents is 1. The number of hydrogen-bond acceptors (Lipinski definition) is 7. The van der Waals surface area contributed by atoms with Gasteiger partial charge in [0.25, 0.3) is 11.6 Å². The van der Waals surface area contributed by atoms with Crippen molar-refractivity contribution in [3.63, 3.8) is 0 Å². The van der Waals surface area contributed by atoms with Crippen LogP contribution in [0, 0.1) is 21.4 Å². The van der Waals surface area contributed by atoms with Crippen molar-refractivity contribution in [2.24, 2.45) is 0 Å². The van der Waals surface area contributed by atoms with E-state index in [9.17, 15) is 19.7 Å². The molecular weight excluding hydrogens is 342 g/mol. The minimum atomic E-state index is -0.748. The highest BCUT2D eigenvalue weighted by molar-refractivity contribution is 5.97. The van der Waals surface area contributed by atoms with Gasteiger partial charge < -0.3 is 14.8 Å². The lowest BCUT2D eigenvalue weighted by atomic mass is 10.1. The van der Waals surface area contributed by atoms with Gasteiger partial charge in [-0.25, -0.2) is 4.79 Å². The average Bonchev–Trinajstić information content (AvgIpc) is 2.66. The molecule has 0 radical (unpaired) electrons. The number of benzene rings is 2. The van der Waals surface area contributed by atoms with Crippen molar-refractivity contribution in [3.05, 3.63) is 63.7 Å². The number of anilines is 1. The predicted molar refractivity (Wildman–Crippen MR) is 89.7 cm³/mol. The van der Waals surface area contributed by atoms with E-state index in [0.717, 1.165) is 12.1 Å². The highest BCUT2D eigenvalue weighted by atomic mass is 16.6. The van der Waals surface area contributed by atoms with E-state index in [2.05, 4.69) is 5.32 Å². The lowest BCUT2D eigenvalue weighted by Crippen LogP contribution is -2.21. The van der Waals surface area contributed by atoms with E-state index in [1.54, 1.807) is 24.3 Å². The summed E-state index contributed by atoms with van der Waals surface area (Å²) < 4.78 is 9.96. The molecule has 0 aliphatic rings. The van der Waals surface area contributed by atoms with Gasteiger partial charge in [-0.2, -0.15) is 5.26 Å². The second-order valence-electron chi connectivity index (χ2n) is 4.92. The van der Waals surface area contributed by atoms with Crippen LogP contribution in [0.5, 0.6) is 5.75 Å². The molecule has 9 nitrogen and oxygen atoms in total. The fourth-order valence-electron chi connectivity index (χ4n) is 2.06. The first-order chi connectivity index (χ1) is 12.5. The van der Waals surface area contributed by atoms with Crippen LogP contribution in [0.25, 0.3) is 0 Å². The Balaban J connectivity index is 2.02. The fraction of sp³-hybridized carbons (Fsp3) is 0.118. The Morgan fingerprint density at radius 3 is 2.65 bits per heavy atom. The first-order valence-corrected chi connectivity index (χ1v) is 7.24. The van der Waals surface area contributed by atoms with E-state index in [1.807, 2.05) is 0 Å². The lowest BCUT2D eigenvalue weighted by molar-refractivity contribution is -0.384. The van der Waals surface area contributed by atoms with Crippen molar-refractivity contribution >= 4 is 23.3 Å². The zero-order valence-corrected chi connectivity index (χ0v) is 13.6. The summed E-state index contributed by atoms with van der Waals surface area (Å²) in [6, 6.07) is 11.5. The van der Waals surface area contributed by atoms with Crippen LogP contribution < -0.4 is 10.1 Å². The normalized spacial score (nSPS) is 9.69. The Morgan fingerprint density at radius 2 is 2.00 bits per heavy atom. The molecule has 0 aliphatic heterocycles. The van der Waals surface area contributed by atoms with Gasteiger partial charge in [-0.3, -0.25) is 14.9 Å². The molecule has 2 rings (SSSR count). The summed E-state index contributed by atoms with van der Waals surface area (Å²) in [4.78, 5) is 34.0. The number of non-ortho nitro benzene ring substituents is 1. The zero-order chi connectivity index (χ0) is 19.1. The predicted octanol–water partition coefficient (Wildman–Crippen LogP) is 2.27. The highest BCUT2D eigenvalue weighted by Gasteiger charge is 2.16. The van der Waals surface area contributed by atoms with Crippen LogP contribution in [-0.2, 0) is 9.53 Å². The number of hydrogen-bond donors (Lipinski definition) is 1.